The van der Waals surface area contributed by atoms with Gasteiger partial charge < -0.3 is 4.74 Å². The van der Waals surface area contributed by atoms with Crippen molar-refractivity contribution in [3.63, 3.8) is 0 Å². The molecule has 0 amide bonds. The van der Waals surface area contributed by atoms with Crippen molar-refractivity contribution in [1.29, 1.82) is 0 Å². The summed E-state index contributed by atoms with van der Waals surface area (Å²) in [4.78, 5) is 0. The van der Waals surface area contributed by atoms with E-state index in [0.29, 0.717) is 4.38 Å². The molecule has 0 aliphatic heterocycles. The summed E-state index contributed by atoms with van der Waals surface area (Å²) in [7, 11) is 0. The summed E-state index contributed by atoms with van der Waals surface area (Å²) in [6.07, 6.45) is 5.58. The lowest BCUT2D eigenvalue weighted by Gasteiger charge is -1.99. The second-order valence-corrected chi connectivity index (χ2v) is 3.71. The van der Waals surface area contributed by atoms with Crippen LogP contribution in [0.5, 0.6) is 0 Å². The number of rotatable bonds is 3. The zero-order valence-corrected chi connectivity index (χ0v) is 10.2. The normalized spacial score (nSPS) is 7.69. The maximum Gasteiger partial charge on any atom is 0.219 e. The molecule has 13 heavy (non-hydrogen) atoms. The lowest BCUT2D eigenvalue weighted by molar-refractivity contribution is 0.322. The Bertz CT molecular complexity index is 92.9. The van der Waals surface area contributed by atoms with Gasteiger partial charge in [-0.1, -0.05) is 52.8 Å². The highest BCUT2D eigenvalue weighted by atomic mass is 32.2. The molecule has 0 aromatic heterocycles. The summed E-state index contributed by atoms with van der Waals surface area (Å²) >= 11 is 6.24. The Kier molecular flexibility index (Phi) is 26.4. The van der Waals surface area contributed by atoms with Crippen molar-refractivity contribution >= 4 is 28.4 Å². The molecular formula is C10H24OS2. The largest absolute Gasteiger partial charge is 0.479 e. The number of ether oxygens (including phenoxy) is 1. The lowest BCUT2D eigenvalue weighted by atomic mass is 10.4. The molecule has 0 N–H and O–H groups in total. The number of unbranched alkanes of at least 4 members (excludes halogenated alkanes) is 1. The summed E-state index contributed by atoms with van der Waals surface area (Å²) < 4.78 is 5.68. The summed E-state index contributed by atoms with van der Waals surface area (Å²) in [6.45, 7) is 7.17. The van der Waals surface area contributed by atoms with E-state index in [4.69, 9.17) is 17.0 Å². The molecule has 0 heterocycles. The fourth-order valence-electron chi connectivity index (χ4n) is 0.244. The number of thioether (sulfide) groups is 1. The minimum atomic E-state index is 0. The van der Waals surface area contributed by atoms with Crippen LogP contribution in [-0.4, -0.2) is 17.2 Å². The molecule has 0 aromatic rings. The van der Waals surface area contributed by atoms with Crippen molar-refractivity contribution in [3.05, 3.63) is 0 Å². The molecule has 0 bridgehead atoms. The molecule has 0 aliphatic carbocycles. The quantitative estimate of drug-likeness (QED) is 0.653. The fourth-order valence-corrected chi connectivity index (χ4v) is 0.529. The van der Waals surface area contributed by atoms with Crippen LogP contribution in [-0.2, 0) is 4.74 Å². The van der Waals surface area contributed by atoms with Gasteiger partial charge in [0.05, 0.1) is 6.61 Å². The van der Waals surface area contributed by atoms with Crippen molar-refractivity contribution in [1.82, 2.24) is 0 Å². The third kappa shape index (κ3) is 24.5. The van der Waals surface area contributed by atoms with E-state index in [1.54, 1.807) is 0 Å². The molecule has 0 radical (unpaired) electrons. The molecule has 0 unspecified atom stereocenters. The fraction of sp³-hybridized carbons (Fsp3) is 0.900. The van der Waals surface area contributed by atoms with E-state index in [-0.39, 0.29) is 7.43 Å². The average Bonchev–Trinajstić information content (AvgIpc) is 2.14. The number of hydrogen-bond donors (Lipinski definition) is 0. The predicted octanol–water partition coefficient (Wildman–Crippen LogP) is 4.50. The van der Waals surface area contributed by atoms with Gasteiger partial charge in [-0.2, -0.15) is 0 Å². The highest BCUT2D eigenvalue weighted by Gasteiger charge is 1.88. The maximum absolute atomic E-state index is 5.03. The zero-order valence-electron chi connectivity index (χ0n) is 8.55. The molecule has 0 aromatic carbocycles. The number of hydrogen-bond acceptors (Lipinski definition) is 3. The van der Waals surface area contributed by atoms with Crippen LogP contribution >= 0.6 is 24.0 Å². The Morgan fingerprint density at radius 1 is 1.15 bits per heavy atom. The van der Waals surface area contributed by atoms with Crippen LogP contribution in [0.1, 0.15) is 47.5 Å². The van der Waals surface area contributed by atoms with Crippen molar-refractivity contribution in [3.8, 4) is 0 Å². The van der Waals surface area contributed by atoms with E-state index in [1.165, 1.54) is 24.6 Å². The van der Waals surface area contributed by atoms with E-state index in [0.717, 1.165) is 13.0 Å². The van der Waals surface area contributed by atoms with Crippen LogP contribution in [0.4, 0.5) is 0 Å². The Labute approximate surface area is 93.6 Å². The molecule has 0 atom stereocenters. The molecular weight excluding hydrogens is 200 g/mol. The second-order valence-electron chi connectivity index (χ2n) is 2.30. The first-order valence-corrected chi connectivity index (χ1v) is 6.06. The highest BCUT2D eigenvalue weighted by molar-refractivity contribution is 8.22. The summed E-state index contributed by atoms with van der Waals surface area (Å²) in [6, 6.07) is 0. The molecule has 82 valence electrons. The standard InChI is InChI=1S/C5H10OS2.C4H10.CH4/c1-3-4-6-5(7)8-2;1-3-4-2;/h3-4H2,1-2H3;3-4H2,1-2H3;1H4. The summed E-state index contributed by atoms with van der Waals surface area (Å²) in [5.74, 6) is 0. The molecule has 0 saturated heterocycles. The van der Waals surface area contributed by atoms with E-state index >= 15 is 0 Å². The van der Waals surface area contributed by atoms with E-state index in [1.807, 2.05) is 6.26 Å². The van der Waals surface area contributed by atoms with Gasteiger partial charge >= 0.3 is 0 Å². The van der Waals surface area contributed by atoms with Crippen molar-refractivity contribution < 1.29 is 4.74 Å². The zero-order chi connectivity index (χ0) is 9.82. The van der Waals surface area contributed by atoms with Crippen LogP contribution in [0.25, 0.3) is 0 Å². The van der Waals surface area contributed by atoms with Gasteiger partial charge in [-0.3, -0.25) is 0 Å². The Balaban J connectivity index is -0.000000173. The maximum atomic E-state index is 5.03. The highest BCUT2D eigenvalue weighted by Crippen LogP contribution is 1.99. The lowest BCUT2D eigenvalue weighted by Crippen LogP contribution is -1.95. The van der Waals surface area contributed by atoms with Crippen LogP contribution < -0.4 is 0 Å². The third-order valence-electron chi connectivity index (χ3n) is 1.09. The summed E-state index contributed by atoms with van der Waals surface area (Å²) in [5, 5.41) is 0. The van der Waals surface area contributed by atoms with Gasteiger partial charge in [0.15, 0.2) is 0 Å². The van der Waals surface area contributed by atoms with E-state index < -0.39 is 0 Å². The second kappa shape index (κ2) is 18.1. The molecule has 0 rings (SSSR count). The smallest absolute Gasteiger partial charge is 0.219 e. The van der Waals surface area contributed by atoms with Crippen molar-refractivity contribution in [2.24, 2.45) is 0 Å². The molecule has 3 heteroatoms. The summed E-state index contributed by atoms with van der Waals surface area (Å²) in [5.41, 5.74) is 0. The van der Waals surface area contributed by atoms with Crippen LogP contribution in [0.2, 0.25) is 0 Å². The van der Waals surface area contributed by atoms with E-state index in [9.17, 15) is 0 Å². The Morgan fingerprint density at radius 2 is 1.62 bits per heavy atom. The van der Waals surface area contributed by atoms with Crippen LogP contribution in [0.3, 0.4) is 0 Å². The van der Waals surface area contributed by atoms with E-state index in [2.05, 4.69) is 20.8 Å². The predicted molar refractivity (Wildman–Crippen MR) is 69.7 cm³/mol. The molecule has 0 spiro atoms. The topological polar surface area (TPSA) is 9.23 Å². The van der Waals surface area contributed by atoms with Gasteiger partial charge in [0.25, 0.3) is 0 Å². The van der Waals surface area contributed by atoms with Gasteiger partial charge in [-0.25, -0.2) is 0 Å². The minimum absolute atomic E-state index is 0. The van der Waals surface area contributed by atoms with Gasteiger partial charge in [0.1, 0.15) is 0 Å². The van der Waals surface area contributed by atoms with Gasteiger partial charge in [-0.05, 0) is 24.9 Å². The van der Waals surface area contributed by atoms with Crippen molar-refractivity contribution in [2.45, 2.75) is 47.5 Å². The minimum Gasteiger partial charge on any atom is -0.479 e. The monoisotopic (exact) mass is 224 g/mol. The van der Waals surface area contributed by atoms with Crippen LogP contribution in [0, 0.1) is 0 Å². The molecule has 0 aliphatic rings. The van der Waals surface area contributed by atoms with Gasteiger partial charge in [-0.15, -0.1) is 0 Å². The van der Waals surface area contributed by atoms with Crippen LogP contribution in [0.15, 0.2) is 0 Å². The third-order valence-corrected chi connectivity index (χ3v) is 2.16. The number of thiocarbonyl (C=S) groups is 1. The first-order chi connectivity index (χ1) is 5.72. The average molecular weight is 224 g/mol. The molecule has 1 nitrogen and oxygen atoms in total. The molecule has 0 fully saturated rings. The SMILES string of the molecule is C.CCCC.CCCOC(=S)SC. The van der Waals surface area contributed by atoms with Crippen molar-refractivity contribution in [2.75, 3.05) is 12.9 Å². The Morgan fingerprint density at radius 3 is 1.85 bits per heavy atom. The van der Waals surface area contributed by atoms with Gasteiger partial charge in [0.2, 0.25) is 4.38 Å². The first-order valence-electron chi connectivity index (χ1n) is 4.43. The van der Waals surface area contributed by atoms with Gasteiger partial charge in [0, 0.05) is 0 Å². The molecule has 0 saturated carbocycles. The first kappa shape index (κ1) is 18.9. The Hall–Kier alpha value is 0.240.